The van der Waals surface area contributed by atoms with Crippen LogP contribution in [0.4, 0.5) is 5.82 Å². The van der Waals surface area contributed by atoms with Gasteiger partial charge in [-0.15, -0.1) is 0 Å². The molecule has 0 unspecified atom stereocenters. The Kier molecular flexibility index (Phi) is 3.00. The monoisotopic (exact) mass is 243 g/mol. The Morgan fingerprint density at radius 2 is 2.11 bits per heavy atom. The van der Waals surface area contributed by atoms with E-state index < -0.39 is 0 Å². The van der Waals surface area contributed by atoms with Crippen LogP contribution in [0.5, 0.6) is 0 Å². The van der Waals surface area contributed by atoms with Gasteiger partial charge in [0.2, 0.25) is 0 Å². The average Bonchev–Trinajstić information content (AvgIpc) is 2.93. The SMILES string of the molecule is Cc1nccc(N2CCC(c3ccco3)CC2)n1. The molecule has 4 nitrogen and oxygen atoms in total. The third kappa shape index (κ3) is 2.23. The van der Waals surface area contributed by atoms with E-state index in [4.69, 9.17) is 4.42 Å². The van der Waals surface area contributed by atoms with Gasteiger partial charge in [-0.2, -0.15) is 0 Å². The van der Waals surface area contributed by atoms with Crippen molar-refractivity contribution in [1.82, 2.24) is 9.97 Å². The molecular formula is C14H17N3O. The van der Waals surface area contributed by atoms with Crippen LogP contribution in [0.1, 0.15) is 30.3 Å². The van der Waals surface area contributed by atoms with Gasteiger partial charge in [0.1, 0.15) is 17.4 Å². The Morgan fingerprint density at radius 1 is 1.28 bits per heavy atom. The van der Waals surface area contributed by atoms with Crippen molar-refractivity contribution in [3.63, 3.8) is 0 Å². The van der Waals surface area contributed by atoms with Gasteiger partial charge in [-0.25, -0.2) is 9.97 Å². The topological polar surface area (TPSA) is 42.2 Å². The van der Waals surface area contributed by atoms with Crippen molar-refractivity contribution < 1.29 is 4.42 Å². The van der Waals surface area contributed by atoms with Crippen LogP contribution in [-0.2, 0) is 0 Å². The van der Waals surface area contributed by atoms with Crippen LogP contribution in [0.3, 0.4) is 0 Å². The van der Waals surface area contributed by atoms with Crippen molar-refractivity contribution in [2.45, 2.75) is 25.7 Å². The number of piperidine rings is 1. The average molecular weight is 243 g/mol. The lowest BCUT2D eigenvalue weighted by Crippen LogP contribution is -2.33. The van der Waals surface area contributed by atoms with Gasteiger partial charge < -0.3 is 9.32 Å². The van der Waals surface area contributed by atoms with Gasteiger partial charge in [0.25, 0.3) is 0 Å². The molecule has 0 N–H and O–H groups in total. The highest BCUT2D eigenvalue weighted by Gasteiger charge is 2.23. The van der Waals surface area contributed by atoms with Crippen molar-refractivity contribution in [2.24, 2.45) is 0 Å². The highest BCUT2D eigenvalue weighted by Crippen LogP contribution is 2.29. The number of hydrogen-bond acceptors (Lipinski definition) is 4. The molecule has 1 aliphatic rings. The van der Waals surface area contributed by atoms with Gasteiger partial charge in [0.05, 0.1) is 6.26 Å². The molecule has 94 valence electrons. The van der Waals surface area contributed by atoms with E-state index in [2.05, 4.69) is 20.9 Å². The van der Waals surface area contributed by atoms with Crippen molar-refractivity contribution in [1.29, 1.82) is 0 Å². The van der Waals surface area contributed by atoms with Crippen molar-refractivity contribution >= 4 is 5.82 Å². The Hall–Kier alpha value is -1.84. The maximum Gasteiger partial charge on any atom is 0.132 e. The molecule has 18 heavy (non-hydrogen) atoms. The molecule has 0 bridgehead atoms. The van der Waals surface area contributed by atoms with Gasteiger partial charge in [-0.3, -0.25) is 0 Å². The summed E-state index contributed by atoms with van der Waals surface area (Å²) in [5.41, 5.74) is 0. The molecular weight excluding hydrogens is 226 g/mol. The number of rotatable bonds is 2. The molecule has 0 spiro atoms. The number of aryl methyl sites for hydroxylation is 1. The molecule has 0 amide bonds. The van der Waals surface area contributed by atoms with Crippen molar-refractivity contribution in [3.8, 4) is 0 Å². The molecule has 3 rings (SSSR count). The minimum Gasteiger partial charge on any atom is -0.469 e. The fourth-order valence-corrected chi connectivity index (χ4v) is 2.54. The first-order valence-corrected chi connectivity index (χ1v) is 6.41. The Balaban J connectivity index is 1.67. The fourth-order valence-electron chi connectivity index (χ4n) is 2.54. The lowest BCUT2D eigenvalue weighted by molar-refractivity contribution is 0.405. The molecule has 0 radical (unpaired) electrons. The van der Waals surface area contributed by atoms with E-state index in [0.29, 0.717) is 5.92 Å². The van der Waals surface area contributed by atoms with Crippen LogP contribution in [0, 0.1) is 6.92 Å². The second-order valence-corrected chi connectivity index (χ2v) is 4.74. The minimum absolute atomic E-state index is 0.555. The van der Waals surface area contributed by atoms with Crippen molar-refractivity contribution in [2.75, 3.05) is 18.0 Å². The van der Waals surface area contributed by atoms with Crippen LogP contribution in [-0.4, -0.2) is 23.1 Å². The molecule has 2 aromatic heterocycles. The van der Waals surface area contributed by atoms with E-state index in [1.807, 2.05) is 25.3 Å². The quantitative estimate of drug-likeness (QED) is 0.813. The highest BCUT2D eigenvalue weighted by molar-refractivity contribution is 5.38. The summed E-state index contributed by atoms with van der Waals surface area (Å²) in [6, 6.07) is 6.03. The zero-order chi connectivity index (χ0) is 12.4. The second kappa shape index (κ2) is 4.80. The normalized spacial score (nSPS) is 17.1. The summed E-state index contributed by atoms with van der Waals surface area (Å²) < 4.78 is 5.49. The molecule has 4 heteroatoms. The predicted octanol–water partition coefficient (Wildman–Crippen LogP) is 2.76. The van der Waals surface area contributed by atoms with E-state index in [1.165, 1.54) is 0 Å². The smallest absolute Gasteiger partial charge is 0.132 e. The third-order valence-corrected chi connectivity index (χ3v) is 3.53. The minimum atomic E-state index is 0.555. The first-order chi connectivity index (χ1) is 8.83. The summed E-state index contributed by atoms with van der Waals surface area (Å²) in [6.07, 6.45) is 5.83. The Bertz CT molecular complexity index is 502. The van der Waals surface area contributed by atoms with Crippen LogP contribution in [0.15, 0.2) is 35.1 Å². The molecule has 0 saturated carbocycles. The summed E-state index contributed by atoms with van der Waals surface area (Å²) >= 11 is 0. The summed E-state index contributed by atoms with van der Waals surface area (Å²) in [5.74, 6) is 3.55. The molecule has 1 saturated heterocycles. The molecule has 0 atom stereocenters. The molecule has 2 aromatic rings. The molecule has 0 aromatic carbocycles. The maximum atomic E-state index is 5.49. The van der Waals surface area contributed by atoms with Crippen LogP contribution in [0.25, 0.3) is 0 Å². The predicted molar refractivity (Wildman–Crippen MR) is 69.7 cm³/mol. The number of anilines is 1. The fraction of sp³-hybridized carbons (Fsp3) is 0.429. The number of furan rings is 1. The van der Waals surface area contributed by atoms with E-state index >= 15 is 0 Å². The van der Waals surface area contributed by atoms with Gasteiger partial charge in [0.15, 0.2) is 0 Å². The second-order valence-electron chi connectivity index (χ2n) is 4.74. The molecule has 0 aliphatic carbocycles. The van der Waals surface area contributed by atoms with Gasteiger partial charge in [-0.1, -0.05) is 0 Å². The lowest BCUT2D eigenvalue weighted by Gasteiger charge is -2.31. The summed E-state index contributed by atoms with van der Waals surface area (Å²) in [6.45, 7) is 3.99. The Morgan fingerprint density at radius 3 is 2.78 bits per heavy atom. The summed E-state index contributed by atoms with van der Waals surface area (Å²) in [4.78, 5) is 10.9. The Labute approximate surface area is 107 Å². The van der Waals surface area contributed by atoms with Gasteiger partial charge in [-0.05, 0) is 38.0 Å². The number of hydrogen-bond donors (Lipinski definition) is 0. The highest BCUT2D eigenvalue weighted by atomic mass is 16.3. The maximum absolute atomic E-state index is 5.49. The molecule has 1 aliphatic heterocycles. The van der Waals surface area contributed by atoms with E-state index in [1.54, 1.807) is 6.26 Å². The van der Waals surface area contributed by atoms with E-state index in [0.717, 1.165) is 43.3 Å². The summed E-state index contributed by atoms with van der Waals surface area (Å²) in [7, 11) is 0. The number of nitrogens with zero attached hydrogens (tertiary/aromatic N) is 3. The van der Waals surface area contributed by atoms with Crippen LogP contribution in [0.2, 0.25) is 0 Å². The molecule has 3 heterocycles. The zero-order valence-electron chi connectivity index (χ0n) is 10.5. The first kappa shape index (κ1) is 11.3. The lowest BCUT2D eigenvalue weighted by atomic mass is 9.94. The van der Waals surface area contributed by atoms with Gasteiger partial charge >= 0.3 is 0 Å². The van der Waals surface area contributed by atoms with E-state index in [9.17, 15) is 0 Å². The standard InChI is InChI=1S/C14H17N3O/c1-11-15-7-4-14(16-11)17-8-5-12(6-9-17)13-3-2-10-18-13/h2-4,7,10,12H,5-6,8-9H2,1H3. The van der Waals surface area contributed by atoms with Gasteiger partial charge in [0, 0.05) is 25.2 Å². The first-order valence-electron chi connectivity index (χ1n) is 6.41. The number of aromatic nitrogens is 2. The summed E-state index contributed by atoms with van der Waals surface area (Å²) in [5, 5.41) is 0. The largest absolute Gasteiger partial charge is 0.469 e. The van der Waals surface area contributed by atoms with Crippen LogP contribution >= 0.6 is 0 Å². The van der Waals surface area contributed by atoms with Crippen LogP contribution < -0.4 is 4.90 Å². The third-order valence-electron chi connectivity index (χ3n) is 3.53. The zero-order valence-corrected chi connectivity index (χ0v) is 10.5. The van der Waals surface area contributed by atoms with Crippen molar-refractivity contribution in [3.05, 3.63) is 42.2 Å². The van der Waals surface area contributed by atoms with E-state index in [-0.39, 0.29) is 0 Å². The molecule has 1 fully saturated rings.